The third-order valence-electron chi connectivity index (χ3n) is 3.98. The number of aliphatic hydroxyl groups is 1. The van der Waals surface area contributed by atoms with E-state index in [-0.39, 0.29) is 18.2 Å². The van der Waals surface area contributed by atoms with Crippen LogP contribution in [0.4, 0.5) is 8.78 Å². The second-order valence-electron chi connectivity index (χ2n) is 5.93. The van der Waals surface area contributed by atoms with Gasteiger partial charge in [-0.3, -0.25) is 4.90 Å². The van der Waals surface area contributed by atoms with Crippen LogP contribution in [0.5, 0.6) is 0 Å². The van der Waals surface area contributed by atoms with Gasteiger partial charge in [-0.2, -0.15) is 0 Å². The zero-order valence-electron chi connectivity index (χ0n) is 13.3. The molecule has 2 N–H and O–H groups in total. The second-order valence-corrected chi connectivity index (χ2v) is 5.93. The van der Waals surface area contributed by atoms with Gasteiger partial charge in [0.2, 0.25) is 0 Å². The molecule has 1 aromatic carbocycles. The molecule has 1 aromatic rings. The molecule has 120 valence electrons. The molecule has 0 saturated heterocycles. The van der Waals surface area contributed by atoms with E-state index in [0.29, 0.717) is 25.1 Å². The van der Waals surface area contributed by atoms with Gasteiger partial charge in [-0.15, -0.1) is 0 Å². The van der Waals surface area contributed by atoms with Crippen LogP contribution in [0.15, 0.2) is 18.2 Å². The Kier molecular flexibility index (Phi) is 6.71. The summed E-state index contributed by atoms with van der Waals surface area (Å²) in [5, 5.41) is 12.6. The van der Waals surface area contributed by atoms with Crippen molar-refractivity contribution >= 4 is 0 Å². The number of nitrogens with one attached hydrogen (secondary N) is 1. The van der Waals surface area contributed by atoms with E-state index in [1.165, 1.54) is 6.07 Å². The molecule has 0 aliphatic heterocycles. The van der Waals surface area contributed by atoms with Crippen LogP contribution in [0, 0.1) is 11.6 Å². The fraction of sp³-hybridized carbons (Fsp3) is 0.625. The Morgan fingerprint density at radius 2 is 2.00 bits per heavy atom. The van der Waals surface area contributed by atoms with E-state index in [1.54, 1.807) is 6.07 Å². The van der Waals surface area contributed by atoms with Gasteiger partial charge in [0.05, 0.1) is 6.61 Å². The maximum Gasteiger partial charge on any atom is 0.163 e. The van der Waals surface area contributed by atoms with Crippen LogP contribution >= 0.6 is 0 Å². The Hall–Kier alpha value is -1.04. The first-order valence-corrected chi connectivity index (χ1v) is 7.33. The molecule has 0 saturated carbocycles. The SMILES string of the molecule is CCNC(CCN(C)C(C)(C)CO)c1cccc(F)c1F. The van der Waals surface area contributed by atoms with Crippen molar-refractivity contribution in [1.29, 1.82) is 0 Å². The molecule has 0 bridgehead atoms. The Balaban J connectivity index is 2.81. The number of likely N-dealkylation sites (N-methyl/N-ethyl adjacent to an activating group) is 1. The molecule has 0 amide bonds. The molecule has 5 heteroatoms. The maximum atomic E-state index is 13.9. The number of hydrogen-bond donors (Lipinski definition) is 2. The summed E-state index contributed by atoms with van der Waals surface area (Å²) in [6, 6.07) is 4.02. The zero-order chi connectivity index (χ0) is 16.0. The molecular weight excluding hydrogens is 274 g/mol. The van der Waals surface area contributed by atoms with E-state index in [2.05, 4.69) is 5.32 Å². The lowest BCUT2D eigenvalue weighted by Crippen LogP contribution is -2.45. The number of nitrogens with zero attached hydrogens (tertiary/aromatic N) is 1. The maximum absolute atomic E-state index is 13.9. The van der Waals surface area contributed by atoms with Crippen LogP contribution in [-0.4, -0.2) is 42.3 Å². The van der Waals surface area contributed by atoms with Gasteiger partial charge in [-0.05, 0) is 39.9 Å². The molecule has 1 unspecified atom stereocenters. The minimum absolute atomic E-state index is 0.0453. The van der Waals surface area contributed by atoms with Gasteiger partial charge in [0.25, 0.3) is 0 Å². The van der Waals surface area contributed by atoms with Gasteiger partial charge >= 0.3 is 0 Å². The smallest absolute Gasteiger partial charge is 0.163 e. The van der Waals surface area contributed by atoms with Crippen molar-refractivity contribution in [3.8, 4) is 0 Å². The Morgan fingerprint density at radius 3 is 2.57 bits per heavy atom. The van der Waals surface area contributed by atoms with Crippen molar-refractivity contribution in [2.45, 2.75) is 38.8 Å². The van der Waals surface area contributed by atoms with E-state index in [4.69, 9.17) is 0 Å². The van der Waals surface area contributed by atoms with Crippen LogP contribution in [-0.2, 0) is 0 Å². The molecule has 0 radical (unpaired) electrons. The minimum atomic E-state index is -0.820. The zero-order valence-corrected chi connectivity index (χ0v) is 13.3. The highest BCUT2D eigenvalue weighted by molar-refractivity contribution is 5.22. The van der Waals surface area contributed by atoms with Gasteiger partial charge < -0.3 is 10.4 Å². The van der Waals surface area contributed by atoms with Gasteiger partial charge in [-0.1, -0.05) is 19.1 Å². The molecule has 1 atom stereocenters. The molecule has 0 aromatic heterocycles. The number of hydrogen-bond acceptors (Lipinski definition) is 3. The molecule has 0 aliphatic rings. The topological polar surface area (TPSA) is 35.5 Å². The van der Waals surface area contributed by atoms with Crippen LogP contribution in [0.25, 0.3) is 0 Å². The van der Waals surface area contributed by atoms with Crippen LogP contribution in [0.1, 0.15) is 38.8 Å². The van der Waals surface area contributed by atoms with Crippen molar-refractivity contribution in [2.75, 3.05) is 26.7 Å². The fourth-order valence-corrected chi connectivity index (χ4v) is 2.15. The van der Waals surface area contributed by atoms with Crippen molar-refractivity contribution in [3.63, 3.8) is 0 Å². The first-order chi connectivity index (χ1) is 9.83. The molecular formula is C16H26F2N2O. The quantitative estimate of drug-likeness (QED) is 0.775. The molecule has 0 heterocycles. The van der Waals surface area contributed by atoms with E-state index in [0.717, 1.165) is 6.07 Å². The number of benzene rings is 1. The Labute approximate surface area is 126 Å². The molecule has 3 nitrogen and oxygen atoms in total. The summed E-state index contributed by atoms with van der Waals surface area (Å²) in [5.41, 5.74) is 0.0177. The standard InChI is InChI=1S/C16H26F2N2O/c1-5-19-14(9-10-20(4)16(2,3)11-21)12-7-6-8-13(17)15(12)18/h6-8,14,19,21H,5,9-11H2,1-4H3. The molecule has 0 spiro atoms. The number of aliphatic hydroxyl groups excluding tert-OH is 1. The summed E-state index contributed by atoms with van der Waals surface area (Å²) >= 11 is 0. The minimum Gasteiger partial charge on any atom is -0.394 e. The summed E-state index contributed by atoms with van der Waals surface area (Å²) in [6.07, 6.45) is 0.633. The molecule has 0 aliphatic carbocycles. The van der Waals surface area contributed by atoms with Crippen LogP contribution in [0.3, 0.4) is 0 Å². The summed E-state index contributed by atoms with van der Waals surface area (Å²) in [7, 11) is 1.92. The summed E-state index contributed by atoms with van der Waals surface area (Å²) in [6.45, 7) is 7.21. The first kappa shape index (κ1) is 18.0. The fourth-order valence-electron chi connectivity index (χ4n) is 2.15. The van der Waals surface area contributed by atoms with E-state index >= 15 is 0 Å². The summed E-state index contributed by atoms with van der Waals surface area (Å²) in [4.78, 5) is 2.02. The van der Waals surface area contributed by atoms with Crippen molar-refractivity contribution < 1.29 is 13.9 Å². The Morgan fingerprint density at radius 1 is 1.33 bits per heavy atom. The van der Waals surface area contributed by atoms with Gasteiger partial charge in [0.1, 0.15) is 0 Å². The van der Waals surface area contributed by atoms with Gasteiger partial charge in [-0.25, -0.2) is 8.78 Å². The van der Waals surface area contributed by atoms with Crippen molar-refractivity contribution in [3.05, 3.63) is 35.4 Å². The van der Waals surface area contributed by atoms with Crippen LogP contribution < -0.4 is 5.32 Å². The Bertz CT molecular complexity index is 452. The van der Waals surface area contributed by atoms with Crippen LogP contribution in [0.2, 0.25) is 0 Å². The molecule has 0 fully saturated rings. The summed E-state index contributed by atoms with van der Waals surface area (Å²) < 4.78 is 27.3. The second kappa shape index (κ2) is 7.82. The highest BCUT2D eigenvalue weighted by Crippen LogP contribution is 2.23. The third kappa shape index (κ3) is 4.73. The van der Waals surface area contributed by atoms with Gasteiger partial charge in [0.15, 0.2) is 11.6 Å². The van der Waals surface area contributed by atoms with E-state index in [1.807, 2.05) is 32.7 Å². The highest BCUT2D eigenvalue weighted by atomic mass is 19.2. The summed E-state index contributed by atoms with van der Waals surface area (Å²) in [5.74, 6) is -1.60. The average molecular weight is 300 g/mol. The van der Waals surface area contributed by atoms with Crippen molar-refractivity contribution in [1.82, 2.24) is 10.2 Å². The lowest BCUT2D eigenvalue weighted by Gasteiger charge is -2.35. The number of rotatable bonds is 8. The van der Waals surface area contributed by atoms with E-state index in [9.17, 15) is 13.9 Å². The molecule has 21 heavy (non-hydrogen) atoms. The van der Waals surface area contributed by atoms with E-state index < -0.39 is 11.6 Å². The largest absolute Gasteiger partial charge is 0.394 e. The normalized spacial score (nSPS) is 13.7. The monoisotopic (exact) mass is 300 g/mol. The third-order valence-corrected chi connectivity index (χ3v) is 3.98. The predicted molar refractivity (Wildman–Crippen MR) is 81.2 cm³/mol. The lowest BCUT2D eigenvalue weighted by molar-refractivity contribution is 0.0757. The van der Waals surface area contributed by atoms with Crippen molar-refractivity contribution in [2.24, 2.45) is 0 Å². The lowest BCUT2D eigenvalue weighted by atomic mass is 10.00. The first-order valence-electron chi connectivity index (χ1n) is 7.33. The average Bonchev–Trinajstić information content (AvgIpc) is 2.46. The molecule has 1 rings (SSSR count). The predicted octanol–water partition coefficient (Wildman–Crippen LogP) is 2.71. The highest BCUT2D eigenvalue weighted by Gasteiger charge is 2.24. The number of halogens is 2. The van der Waals surface area contributed by atoms with Gasteiger partial charge in [0, 0.05) is 23.7 Å².